The van der Waals surface area contributed by atoms with Crippen molar-refractivity contribution in [1.29, 1.82) is 0 Å². The number of nitrogens with zero attached hydrogens (tertiary/aromatic N) is 1. The highest BCUT2D eigenvalue weighted by Gasteiger charge is 2.19. The van der Waals surface area contributed by atoms with Gasteiger partial charge < -0.3 is 15.3 Å². The molecule has 2 rings (SSSR count). The predicted molar refractivity (Wildman–Crippen MR) is 75.7 cm³/mol. The summed E-state index contributed by atoms with van der Waals surface area (Å²) in [6, 6.07) is 0.662. The molecule has 0 radical (unpaired) electrons. The molecule has 1 heterocycles. The number of aliphatic hydroxyl groups is 1. The monoisotopic (exact) mass is 254 g/mol. The second kappa shape index (κ2) is 7.46. The molecule has 1 saturated carbocycles. The molecule has 0 aromatic heterocycles. The van der Waals surface area contributed by atoms with Crippen molar-refractivity contribution in [1.82, 2.24) is 10.2 Å². The Morgan fingerprint density at radius 1 is 1.06 bits per heavy atom. The summed E-state index contributed by atoms with van der Waals surface area (Å²) in [4.78, 5) is 2.62. The average molecular weight is 254 g/mol. The maximum Gasteiger partial charge on any atom is 0.0541 e. The third-order valence-electron chi connectivity index (χ3n) is 4.66. The van der Waals surface area contributed by atoms with E-state index in [2.05, 4.69) is 17.1 Å². The minimum absolute atomic E-state index is 0.0293. The normalized spacial score (nSPS) is 31.7. The summed E-state index contributed by atoms with van der Waals surface area (Å²) >= 11 is 0. The van der Waals surface area contributed by atoms with E-state index in [1.807, 2.05) is 0 Å². The van der Waals surface area contributed by atoms with Gasteiger partial charge in [0.15, 0.2) is 0 Å². The fourth-order valence-electron chi connectivity index (χ4n) is 3.17. The maximum atomic E-state index is 9.46. The number of rotatable bonds is 5. The van der Waals surface area contributed by atoms with Crippen molar-refractivity contribution in [2.24, 2.45) is 5.92 Å². The molecule has 3 nitrogen and oxygen atoms in total. The smallest absolute Gasteiger partial charge is 0.0541 e. The molecule has 2 aliphatic rings. The van der Waals surface area contributed by atoms with Gasteiger partial charge in [0.05, 0.1) is 6.10 Å². The van der Waals surface area contributed by atoms with Gasteiger partial charge in [-0.05, 0) is 77.0 Å². The van der Waals surface area contributed by atoms with Gasteiger partial charge in [0.25, 0.3) is 0 Å². The first-order valence-corrected chi connectivity index (χ1v) is 7.88. The maximum absolute atomic E-state index is 9.46. The van der Waals surface area contributed by atoms with Crippen LogP contribution in [0.5, 0.6) is 0 Å². The van der Waals surface area contributed by atoms with Gasteiger partial charge in [-0.2, -0.15) is 0 Å². The zero-order valence-electron chi connectivity index (χ0n) is 11.9. The van der Waals surface area contributed by atoms with Crippen LogP contribution in [-0.4, -0.2) is 48.3 Å². The Kier molecular flexibility index (Phi) is 5.93. The Morgan fingerprint density at radius 3 is 2.39 bits per heavy atom. The van der Waals surface area contributed by atoms with Gasteiger partial charge in [-0.15, -0.1) is 0 Å². The Morgan fingerprint density at radius 2 is 1.72 bits per heavy atom. The van der Waals surface area contributed by atoms with E-state index in [-0.39, 0.29) is 6.10 Å². The molecule has 1 aliphatic heterocycles. The molecular weight excluding hydrogens is 224 g/mol. The summed E-state index contributed by atoms with van der Waals surface area (Å²) in [5, 5.41) is 13.1. The average Bonchev–Trinajstić information content (AvgIpc) is 2.39. The highest BCUT2D eigenvalue weighted by Crippen LogP contribution is 2.18. The van der Waals surface area contributed by atoms with Crippen LogP contribution in [0.2, 0.25) is 0 Å². The van der Waals surface area contributed by atoms with E-state index in [1.165, 1.54) is 38.9 Å². The van der Waals surface area contributed by atoms with Crippen LogP contribution < -0.4 is 5.32 Å². The Labute approximate surface area is 112 Å². The molecule has 0 spiro atoms. The summed E-state index contributed by atoms with van der Waals surface area (Å²) in [6.07, 6.45) is 8.29. The highest BCUT2D eigenvalue weighted by atomic mass is 16.3. The second-order valence-corrected chi connectivity index (χ2v) is 6.34. The van der Waals surface area contributed by atoms with Crippen LogP contribution in [0.1, 0.15) is 51.9 Å². The van der Waals surface area contributed by atoms with Crippen molar-refractivity contribution in [3.8, 4) is 0 Å². The first kappa shape index (κ1) is 14.3. The SMILES string of the molecule is CC1CCN(CCCNC2CCC(O)CC2)CC1. The molecule has 2 N–H and O–H groups in total. The standard InChI is InChI=1S/C15H30N2O/c1-13-7-11-17(12-8-13)10-2-9-16-14-3-5-15(18)6-4-14/h13-16,18H,2-12H2,1H3. The molecule has 1 aliphatic carbocycles. The number of piperidine rings is 1. The first-order valence-electron chi connectivity index (χ1n) is 7.88. The van der Waals surface area contributed by atoms with Crippen molar-refractivity contribution in [3.05, 3.63) is 0 Å². The lowest BCUT2D eigenvalue weighted by molar-refractivity contribution is 0.116. The topological polar surface area (TPSA) is 35.5 Å². The third kappa shape index (κ3) is 4.87. The molecule has 0 aromatic rings. The summed E-state index contributed by atoms with van der Waals surface area (Å²) in [6.45, 7) is 7.38. The van der Waals surface area contributed by atoms with Crippen LogP contribution in [0.25, 0.3) is 0 Å². The Bertz CT molecular complexity index is 195. The van der Waals surface area contributed by atoms with E-state index in [1.54, 1.807) is 0 Å². The van der Waals surface area contributed by atoms with E-state index < -0.39 is 0 Å². The number of nitrogens with one attached hydrogen (secondary N) is 1. The molecule has 106 valence electrons. The summed E-state index contributed by atoms with van der Waals surface area (Å²) in [5.41, 5.74) is 0. The van der Waals surface area contributed by atoms with Crippen LogP contribution in [0, 0.1) is 5.92 Å². The molecule has 0 atom stereocenters. The lowest BCUT2D eigenvalue weighted by atomic mass is 9.93. The van der Waals surface area contributed by atoms with E-state index in [0.29, 0.717) is 6.04 Å². The predicted octanol–water partition coefficient (Wildman–Crippen LogP) is 2.00. The first-order chi connectivity index (χ1) is 8.74. The molecule has 0 amide bonds. The number of aliphatic hydroxyl groups excluding tert-OH is 1. The van der Waals surface area contributed by atoms with Crippen molar-refractivity contribution < 1.29 is 5.11 Å². The lowest BCUT2D eigenvalue weighted by Crippen LogP contribution is -2.38. The fraction of sp³-hybridized carbons (Fsp3) is 1.00. The summed E-state index contributed by atoms with van der Waals surface area (Å²) < 4.78 is 0. The van der Waals surface area contributed by atoms with Gasteiger partial charge in [-0.3, -0.25) is 0 Å². The van der Waals surface area contributed by atoms with Crippen molar-refractivity contribution in [3.63, 3.8) is 0 Å². The van der Waals surface area contributed by atoms with Gasteiger partial charge in [0, 0.05) is 6.04 Å². The minimum atomic E-state index is -0.0293. The van der Waals surface area contributed by atoms with Gasteiger partial charge in [-0.25, -0.2) is 0 Å². The zero-order chi connectivity index (χ0) is 12.8. The van der Waals surface area contributed by atoms with Crippen LogP contribution in [0.4, 0.5) is 0 Å². The molecule has 0 aromatic carbocycles. The van der Waals surface area contributed by atoms with Crippen LogP contribution in [-0.2, 0) is 0 Å². The molecule has 2 fully saturated rings. The molecule has 18 heavy (non-hydrogen) atoms. The minimum Gasteiger partial charge on any atom is -0.393 e. The zero-order valence-corrected chi connectivity index (χ0v) is 11.9. The van der Waals surface area contributed by atoms with Gasteiger partial charge in [0.1, 0.15) is 0 Å². The van der Waals surface area contributed by atoms with Crippen LogP contribution in [0.15, 0.2) is 0 Å². The van der Waals surface area contributed by atoms with Gasteiger partial charge >= 0.3 is 0 Å². The summed E-state index contributed by atoms with van der Waals surface area (Å²) in [5.74, 6) is 0.938. The lowest BCUT2D eigenvalue weighted by Gasteiger charge is -2.30. The largest absolute Gasteiger partial charge is 0.393 e. The number of hydrogen-bond acceptors (Lipinski definition) is 3. The Hall–Kier alpha value is -0.120. The fourth-order valence-corrected chi connectivity index (χ4v) is 3.17. The van der Waals surface area contributed by atoms with Crippen molar-refractivity contribution in [2.45, 2.75) is 64.0 Å². The van der Waals surface area contributed by atoms with E-state index in [9.17, 15) is 5.11 Å². The highest BCUT2D eigenvalue weighted by molar-refractivity contribution is 4.77. The second-order valence-electron chi connectivity index (χ2n) is 6.34. The van der Waals surface area contributed by atoms with Crippen molar-refractivity contribution in [2.75, 3.05) is 26.2 Å². The molecule has 1 saturated heterocycles. The quantitative estimate of drug-likeness (QED) is 0.737. The van der Waals surface area contributed by atoms with E-state index >= 15 is 0 Å². The Balaban J connectivity index is 1.48. The van der Waals surface area contributed by atoms with Crippen LogP contribution in [0.3, 0.4) is 0 Å². The van der Waals surface area contributed by atoms with Gasteiger partial charge in [0.2, 0.25) is 0 Å². The summed E-state index contributed by atoms with van der Waals surface area (Å²) in [7, 11) is 0. The molecule has 0 unspecified atom stereocenters. The third-order valence-corrected chi connectivity index (χ3v) is 4.66. The van der Waals surface area contributed by atoms with Crippen molar-refractivity contribution >= 4 is 0 Å². The van der Waals surface area contributed by atoms with E-state index in [4.69, 9.17) is 0 Å². The molecule has 0 bridgehead atoms. The van der Waals surface area contributed by atoms with E-state index in [0.717, 1.165) is 38.1 Å². The van der Waals surface area contributed by atoms with Gasteiger partial charge in [-0.1, -0.05) is 6.92 Å². The molecule has 3 heteroatoms. The number of likely N-dealkylation sites (tertiary alicyclic amines) is 1. The van der Waals surface area contributed by atoms with Crippen LogP contribution >= 0.6 is 0 Å². The molecular formula is C15H30N2O. The number of hydrogen-bond donors (Lipinski definition) is 2.